The zero-order valence-corrected chi connectivity index (χ0v) is 13.7. The number of rotatable bonds is 8. The van der Waals surface area contributed by atoms with E-state index in [1.807, 2.05) is 37.3 Å². The highest BCUT2D eigenvalue weighted by Gasteiger charge is 2.31. The van der Waals surface area contributed by atoms with E-state index < -0.39 is 11.7 Å². The number of carbonyl (C=O) groups excluding carboxylic acids is 2. The maximum Gasteiger partial charge on any atom is 0.405 e. The first kappa shape index (κ1) is 18.0. The van der Waals surface area contributed by atoms with Gasteiger partial charge in [0.25, 0.3) is 0 Å². The van der Waals surface area contributed by atoms with Crippen molar-refractivity contribution >= 4 is 12.0 Å². The molecule has 122 valence electrons. The quantitative estimate of drug-likeness (QED) is 0.802. The molecule has 2 amide bonds. The van der Waals surface area contributed by atoms with Crippen LogP contribution in [0.25, 0.3) is 0 Å². The van der Waals surface area contributed by atoms with Crippen LogP contribution in [-0.4, -0.2) is 29.0 Å². The summed E-state index contributed by atoms with van der Waals surface area (Å²) >= 11 is 0. The molecule has 1 rings (SSSR count). The SMILES string of the molecule is CCCCC(C)(CN(Cc1ccccc1)C(C)=O)OC(N)=O. The van der Waals surface area contributed by atoms with Gasteiger partial charge in [0.05, 0.1) is 6.54 Å². The number of amides is 2. The fraction of sp³-hybridized carbons (Fsp3) is 0.529. The van der Waals surface area contributed by atoms with Gasteiger partial charge in [0.15, 0.2) is 0 Å². The number of benzene rings is 1. The summed E-state index contributed by atoms with van der Waals surface area (Å²) in [5, 5.41) is 0. The third-order valence-electron chi connectivity index (χ3n) is 3.59. The molecule has 0 saturated heterocycles. The second kappa shape index (κ2) is 8.41. The van der Waals surface area contributed by atoms with Crippen molar-refractivity contribution < 1.29 is 14.3 Å². The van der Waals surface area contributed by atoms with Crippen LogP contribution < -0.4 is 5.73 Å². The van der Waals surface area contributed by atoms with Gasteiger partial charge in [0.2, 0.25) is 5.91 Å². The predicted octanol–water partition coefficient (Wildman–Crippen LogP) is 3.08. The molecule has 0 radical (unpaired) electrons. The van der Waals surface area contributed by atoms with E-state index in [4.69, 9.17) is 10.5 Å². The Hall–Kier alpha value is -2.04. The smallest absolute Gasteiger partial charge is 0.405 e. The van der Waals surface area contributed by atoms with Crippen LogP contribution in [0.15, 0.2) is 30.3 Å². The van der Waals surface area contributed by atoms with Crippen molar-refractivity contribution in [3.8, 4) is 0 Å². The van der Waals surface area contributed by atoms with Crippen molar-refractivity contribution in [1.29, 1.82) is 0 Å². The van der Waals surface area contributed by atoms with Crippen LogP contribution in [0.3, 0.4) is 0 Å². The Morgan fingerprint density at radius 1 is 1.27 bits per heavy atom. The lowest BCUT2D eigenvalue weighted by molar-refractivity contribution is -0.133. The first-order valence-electron chi connectivity index (χ1n) is 7.64. The Bertz CT molecular complexity index is 490. The molecule has 0 heterocycles. The van der Waals surface area contributed by atoms with Crippen molar-refractivity contribution in [3.63, 3.8) is 0 Å². The number of nitrogens with zero attached hydrogens (tertiary/aromatic N) is 1. The van der Waals surface area contributed by atoms with Gasteiger partial charge in [-0.2, -0.15) is 0 Å². The maximum atomic E-state index is 11.9. The van der Waals surface area contributed by atoms with Gasteiger partial charge in [-0.05, 0) is 25.3 Å². The average Bonchev–Trinajstić information content (AvgIpc) is 2.45. The molecule has 0 aliphatic heterocycles. The van der Waals surface area contributed by atoms with E-state index in [-0.39, 0.29) is 5.91 Å². The van der Waals surface area contributed by atoms with Crippen molar-refractivity contribution in [2.75, 3.05) is 6.54 Å². The van der Waals surface area contributed by atoms with Crippen LogP contribution in [-0.2, 0) is 16.1 Å². The molecule has 0 bridgehead atoms. The molecule has 5 nitrogen and oxygen atoms in total. The summed E-state index contributed by atoms with van der Waals surface area (Å²) in [6, 6.07) is 9.74. The first-order valence-corrected chi connectivity index (χ1v) is 7.64. The Morgan fingerprint density at radius 3 is 2.41 bits per heavy atom. The molecule has 0 saturated carbocycles. The summed E-state index contributed by atoms with van der Waals surface area (Å²) in [6.07, 6.45) is 1.75. The third kappa shape index (κ3) is 6.16. The van der Waals surface area contributed by atoms with Crippen LogP contribution in [0.2, 0.25) is 0 Å². The van der Waals surface area contributed by atoms with E-state index in [0.29, 0.717) is 19.5 Å². The molecule has 1 atom stereocenters. The normalized spacial score (nSPS) is 13.2. The molecule has 1 aromatic rings. The van der Waals surface area contributed by atoms with Crippen molar-refractivity contribution in [3.05, 3.63) is 35.9 Å². The fourth-order valence-electron chi connectivity index (χ4n) is 2.44. The standard InChI is InChI=1S/C17H26N2O3/c1-4-5-11-17(3,22-16(18)21)13-19(14(2)20)12-15-9-7-6-8-10-15/h6-10H,4-5,11-13H2,1-3H3,(H2,18,21). The summed E-state index contributed by atoms with van der Waals surface area (Å²) in [4.78, 5) is 24.8. The summed E-state index contributed by atoms with van der Waals surface area (Å²) in [6.45, 7) is 6.24. The minimum atomic E-state index is -0.804. The van der Waals surface area contributed by atoms with Gasteiger partial charge in [0, 0.05) is 13.5 Å². The van der Waals surface area contributed by atoms with E-state index in [2.05, 4.69) is 6.92 Å². The molecule has 0 fully saturated rings. The molecular formula is C17H26N2O3. The number of carbonyl (C=O) groups is 2. The molecule has 0 aliphatic carbocycles. The molecule has 1 unspecified atom stereocenters. The van der Waals surface area contributed by atoms with Crippen molar-refractivity contribution in [1.82, 2.24) is 4.90 Å². The lowest BCUT2D eigenvalue weighted by atomic mass is 9.97. The number of hydrogen-bond donors (Lipinski definition) is 1. The molecule has 0 spiro atoms. The second-order valence-corrected chi connectivity index (χ2v) is 5.84. The van der Waals surface area contributed by atoms with Crippen LogP contribution in [0.5, 0.6) is 0 Å². The molecule has 0 aliphatic rings. The van der Waals surface area contributed by atoms with Gasteiger partial charge in [0.1, 0.15) is 5.60 Å². The largest absolute Gasteiger partial charge is 0.442 e. The molecule has 0 aromatic heterocycles. The van der Waals surface area contributed by atoms with Gasteiger partial charge < -0.3 is 15.4 Å². The Labute approximate surface area is 132 Å². The van der Waals surface area contributed by atoms with E-state index in [1.165, 1.54) is 6.92 Å². The highest BCUT2D eigenvalue weighted by Crippen LogP contribution is 2.22. The number of hydrogen-bond acceptors (Lipinski definition) is 3. The van der Waals surface area contributed by atoms with Gasteiger partial charge in [-0.15, -0.1) is 0 Å². The van der Waals surface area contributed by atoms with Gasteiger partial charge in [-0.1, -0.05) is 43.7 Å². The van der Waals surface area contributed by atoms with Crippen LogP contribution in [0, 0.1) is 0 Å². The fourth-order valence-corrected chi connectivity index (χ4v) is 2.44. The lowest BCUT2D eigenvalue weighted by Gasteiger charge is -2.34. The minimum absolute atomic E-state index is 0.0559. The summed E-state index contributed by atoms with van der Waals surface area (Å²) in [5.74, 6) is -0.0559. The molecule has 22 heavy (non-hydrogen) atoms. The van der Waals surface area contributed by atoms with Gasteiger partial charge in [-0.25, -0.2) is 4.79 Å². The highest BCUT2D eigenvalue weighted by molar-refractivity contribution is 5.73. The predicted molar refractivity (Wildman–Crippen MR) is 86.1 cm³/mol. The van der Waals surface area contributed by atoms with Gasteiger partial charge >= 0.3 is 6.09 Å². The van der Waals surface area contributed by atoms with E-state index in [1.54, 1.807) is 4.90 Å². The highest BCUT2D eigenvalue weighted by atomic mass is 16.6. The van der Waals surface area contributed by atoms with Crippen LogP contribution in [0.1, 0.15) is 45.6 Å². The van der Waals surface area contributed by atoms with Crippen LogP contribution in [0.4, 0.5) is 4.79 Å². The van der Waals surface area contributed by atoms with E-state index in [0.717, 1.165) is 18.4 Å². The summed E-state index contributed by atoms with van der Waals surface area (Å²) < 4.78 is 5.30. The third-order valence-corrected chi connectivity index (χ3v) is 3.59. The monoisotopic (exact) mass is 306 g/mol. The number of nitrogens with two attached hydrogens (primary N) is 1. The average molecular weight is 306 g/mol. The minimum Gasteiger partial charge on any atom is -0.442 e. The maximum absolute atomic E-state index is 11.9. The summed E-state index contributed by atoms with van der Waals surface area (Å²) in [7, 11) is 0. The number of primary amides is 1. The van der Waals surface area contributed by atoms with Crippen molar-refractivity contribution in [2.24, 2.45) is 5.73 Å². The molecular weight excluding hydrogens is 280 g/mol. The topological polar surface area (TPSA) is 72.6 Å². The second-order valence-electron chi connectivity index (χ2n) is 5.84. The van der Waals surface area contributed by atoms with Crippen LogP contribution >= 0.6 is 0 Å². The molecule has 1 aromatic carbocycles. The Morgan fingerprint density at radius 2 is 1.91 bits per heavy atom. The number of unbranched alkanes of at least 4 members (excludes halogenated alkanes) is 1. The Balaban J connectivity index is 2.84. The van der Waals surface area contributed by atoms with E-state index in [9.17, 15) is 9.59 Å². The zero-order chi connectivity index (χ0) is 16.6. The molecule has 2 N–H and O–H groups in total. The lowest BCUT2D eigenvalue weighted by Crippen LogP contribution is -2.46. The zero-order valence-electron chi connectivity index (χ0n) is 13.7. The van der Waals surface area contributed by atoms with Gasteiger partial charge in [-0.3, -0.25) is 4.79 Å². The van der Waals surface area contributed by atoms with E-state index >= 15 is 0 Å². The summed E-state index contributed by atoms with van der Waals surface area (Å²) in [5.41, 5.74) is 5.47. The molecule has 5 heteroatoms. The number of ether oxygens (including phenoxy) is 1. The Kier molecular flexibility index (Phi) is 6.89. The first-order chi connectivity index (χ1) is 10.4. The van der Waals surface area contributed by atoms with Crippen molar-refractivity contribution in [2.45, 2.75) is 52.2 Å².